The van der Waals surface area contributed by atoms with E-state index in [-0.39, 0.29) is 12.0 Å². The molecule has 9 heteroatoms. The number of halogens is 1. The Bertz CT molecular complexity index is 1600. The summed E-state index contributed by atoms with van der Waals surface area (Å²) >= 11 is 5.90. The molecule has 3 N–H and O–H groups in total. The highest BCUT2D eigenvalue weighted by atomic mass is 35.5. The van der Waals surface area contributed by atoms with Crippen molar-refractivity contribution >= 4 is 28.3 Å². The Morgan fingerprint density at radius 2 is 1.84 bits per heavy atom. The van der Waals surface area contributed by atoms with Crippen LogP contribution in [0.1, 0.15) is 61.5 Å². The van der Waals surface area contributed by atoms with Gasteiger partial charge in [-0.15, -0.1) is 0 Å². The quantitative estimate of drug-likeness (QED) is 0.145. The highest BCUT2D eigenvalue weighted by molar-refractivity contribution is 6.29. The number of carbonyl (C=O) groups excluding carboxylic acids is 1. The van der Waals surface area contributed by atoms with Crippen LogP contribution >= 0.6 is 11.6 Å². The van der Waals surface area contributed by atoms with E-state index >= 15 is 0 Å². The first-order chi connectivity index (χ1) is 21.6. The van der Waals surface area contributed by atoms with Crippen LogP contribution in [0.25, 0.3) is 10.8 Å². The van der Waals surface area contributed by atoms with Crippen molar-refractivity contribution in [1.82, 2.24) is 15.0 Å². The van der Waals surface area contributed by atoms with E-state index in [1.165, 1.54) is 0 Å². The predicted molar refractivity (Wildman–Crippen MR) is 178 cm³/mol. The molecule has 0 aliphatic heterocycles. The third-order valence-corrected chi connectivity index (χ3v) is 9.53. The SMILES string of the molecule is CCCCc1cc2ccccc2c(OCC[N+](C)(C)[C@H]2CCC(Cc3ccc(Cc4ccc(Cl)nc4)nc3)C[C@@]2(O)C(N)=O)n1. The molecular formula is C36H45ClN5O3+. The minimum absolute atomic E-state index is 0.115. The summed E-state index contributed by atoms with van der Waals surface area (Å²) in [5.74, 6) is 0.0905. The number of unbranched alkanes of at least 4 members (excludes halogenated alkanes) is 1. The molecule has 1 fully saturated rings. The van der Waals surface area contributed by atoms with Gasteiger partial charge in [0.15, 0.2) is 5.60 Å². The van der Waals surface area contributed by atoms with Crippen LogP contribution in [0.3, 0.4) is 0 Å². The third kappa shape index (κ3) is 7.98. The number of amides is 1. The summed E-state index contributed by atoms with van der Waals surface area (Å²) in [6.07, 6.45) is 10.0. The zero-order chi connectivity index (χ0) is 32.0. The number of hydrogen-bond donors (Lipinski definition) is 2. The van der Waals surface area contributed by atoms with Crippen LogP contribution in [0.5, 0.6) is 5.88 Å². The number of aromatic nitrogens is 3. The number of quaternary nitrogens is 1. The average molecular weight is 631 g/mol. The number of nitrogens with zero attached hydrogens (tertiary/aromatic N) is 4. The number of likely N-dealkylation sites (N-methyl/N-ethyl adjacent to an activating group) is 1. The van der Waals surface area contributed by atoms with E-state index in [9.17, 15) is 9.90 Å². The lowest BCUT2D eigenvalue weighted by Gasteiger charge is -2.49. The summed E-state index contributed by atoms with van der Waals surface area (Å²) in [6, 6.07) is 17.8. The maximum absolute atomic E-state index is 12.8. The monoisotopic (exact) mass is 630 g/mol. The summed E-state index contributed by atoms with van der Waals surface area (Å²) in [6.45, 7) is 3.17. The lowest BCUT2D eigenvalue weighted by atomic mass is 9.71. The second-order valence-electron chi connectivity index (χ2n) is 13.1. The molecule has 1 aromatic carbocycles. The minimum Gasteiger partial charge on any atom is -0.471 e. The second-order valence-corrected chi connectivity index (χ2v) is 13.5. The van der Waals surface area contributed by atoms with Crippen molar-refractivity contribution in [2.24, 2.45) is 11.7 Å². The number of ether oxygens (including phenoxy) is 1. The smallest absolute Gasteiger partial charge is 0.255 e. The number of hydrogen-bond acceptors (Lipinski definition) is 6. The van der Waals surface area contributed by atoms with Gasteiger partial charge in [-0.2, -0.15) is 0 Å². The zero-order valence-corrected chi connectivity index (χ0v) is 27.3. The van der Waals surface area contributed by atoms with Crippen molar-refractivity contribution < 1.29 is 19.1 Å². The summed E-state index contributed by atoms with van der Waals surface area (Å²) < 4.78 is 6.72. The van der Waals surface area contributed by atoms with Crippen LogP contribution in [-0.2, 0) is 24.1 Å². The summed E-state index contributed by atoms with van der Waals surface area (Å²) in [5, 5.41) is 14.4. The molecule has 1 saturated carbocycles. The van der Waals surface area contributed by atoms with Gasteiger partial charge in [0.25, 0.3) is 5.91 Å². The van der Waals surface area contributed by atoms with Crippen LogP contribution in [0.15, 0.2) is 67.0 Å². The van der Waals surface area contributed by atoms with Crippen LogP contribution in [0.4, 0.5) is 0 Å². The molecule has 1 aliphatic rings. The highest BCUT2D eigenvalue weighted by Gasteiger charge is 2.54. The van der Waals surface area contributed by atoms with Gasteiger partial charge in [0.05, 0.1) is 14.1 Å². The molecule has 0 bridgehead atoms. The normalized spacial score (nSPS) is 20.3. The molecule has 238 valence electrons. The molecule has 8 nitrogen and oxygen atoms in total. The van der Waals surface area contributed by atoms with Gasteiger partial charge >= 0.3 is 0 Å². The second kappa shape index (κ2) is 14.2. The van der Waals surface area contributed by atoms with Crippen molar-refractivity contribution in [3.63, 3.8) is 0 Å². The van der Waals surface area contributed by atoms with E-state index in [0.29, 0.717) is 47.9 Å². The van der Waals surface area contributed by atoms with Crippen LogP contribution in [-0.4, -0.2) is 69.3 Å². The van der Waals surface area contributed by atoms with E-state index in [4.69, 9.17) is 27.1 Å². The summed E-state index contributed by atoms with van der Waals surface area (Å²) in [7, 11) is 4.09. The number of pyridine rings is 3. The van der Waals surface area contributed by atoms with Gasteiger partial charge < -0.3 is 20.1 Å². The van der Waals surface area contributed by atoms with Crippen molar-refractivity contribution in [3.05, 3.63) is 94.7 Å². The molecule has 3 aromatic heterocycles. The highest BCUT2D eigenvalue weighted by Crippen LogP contribution is 2.39. The van der Waals surface area contributed by atoms with Gasteiger partial charge in [0.2, 0.25) is 5.88 Å². The fourth-order valence-electron chi connectivity index (χ4n) is 6.76. The first-order valence-electron chi connectivity index (χ1n) is 16.0. The molecule has 3 atom stereocenters. The van der Waals surface area contributed by atoms with Crippen LogP contribution in [0, 0.1) is 5.92 Å². The van der Waals surface area contributed by atoms with E-state index in [1.807, 2.05) is 50.6 Å². The molecule has 1 aliphatic carbocycles. The van der Waals surface area contributed by atoms with Crippen LogP contribution in [0.2, 0.25) is 5.15 Å². The van der Waals surface area contributed by atoms with Crippen molar-refractivity contribution in [2.45, 2.75) is 69.9 Å². The Morgan fingerprint density at radius 3 is 2.56 bits per heavy atom. The Balaban J connectivity index is 1.22. The predicted octanol–water partition coefficient (Wildman–Crippen LogP) is 5.69. The first kappa shape index (κ1) is 32.8. The maximum Gasteiger partial charge on any atom is 0.255 e. The molecule has 3 heterocycles. The topological polar surface area (TPSA) is 111 Å². The lowest BCUT2D eigenvalue weighted by molar-refractivity contribution is -0.922. The molecular weight excluding hydrogens is 586 g/mol. The van der Waals surface area contributed by atoms with Gasteiger partial charge in [0.1, 0.15) is 24.3 Å². The van der Waals surface area contributed by atoms with Crippen LogP contribution < -0.4 is 10.5 Å². The average Bonchev–Trinajstić information content (AvgIpc) is 3.02. The summed E-state index contributed by atoms with van der Waals surface area (Å²) in [4.78, 5) is 26.5. The Kier molecular flexibility index (Phi) is 10.4. The lowest BCUT2D eigenvalue weighted by Crippen LogP contribution is -2.68. The van der Waals surface area contributed by atoms with Crippen molar-refractivity contribution in [3.8, 4) is 5.88 Å². The molecule has 1 amide bonds. The molecule has 4 aromatic rings. The third-order valence-electron chi connectivity index (χ3n) is 9.31. The Labute approximate surface area is 271 Å². The minimum atomic E-state index is -1.62. The van der Waals surface area contributed by atoms with E-state index < -0.39 is 11.5 Å². The molecule has 0 saturated heterocycles. The number of carbonyl (C=O) groups is 1. The molecule has 0 radical (unpaired) electrons. The van der Waals surface area contributed by atoms with E-state index in [1.54, 1.807) is 12.3 Å². The number of rotatable bonds is 13. The fourth-order valence-corrected chi connectivity index (χ4v) is 6.87. The molecule has 1 unspecified atom stereocenters. The van der Waals surface area contributed by atoms with Gasteiger partial charge in [0, 0.05) is 42.0 Å². The van der Waals surface area contributed by atoms with Gasteiger partial charge in [-0.3, -0.25) is 9.78 Å². The van der Waals surface area contributed by atoms with E-state index in [2.05, 4.69) is 35.1 Å². The molecule has 0 spiro atoms. The first-order valence-corrected chi connectivity index (χ1v) is 16.4. The van der Waals surface area contributed by atoms with Gasteiger partial charge in [-0.05, 0) is 78.8 Å². The fraction of sp³-hybridized carbons (Fsp3) is 0.444. The van der Waals surface area contributed by atoms with Crippen molar-refractivity contribution in [1.29, 1.82) is 0 Å². The van der Waals surface area contributed by atoms with E-state index in [0.717, 1.165) is 65.4 Å². The zero-order valence-electron chi connectivity index (χ0n) is 26.6. The number of aliphatic hydroxyl groups is 1. The standard InChI is InChI=1S/C36H44ClN5O3/c1-4-5-9-30-21-28-8-6-7-10-31(28)34(41-30)45-18-17-42(2,3)32-15-12-25(22-36(32,44)35(38)43)19-26-11-14-29(39-23-26)20-27-13-16-33(37)40-24-27/h6-8,10-11,13-14,16,21,23-25,32,44H,4-5,9,12,15,17-20,22H2,1-3H3,(H-,38,43)/p+1/t25?,32-,36-/m0/s1. The number of fused-ring (bicyclic) bond motifs is 1. The maximum atomic E-state index is 12.8. The largest absolute Gasteiger partial charge is 0.471 e. The van der Waals surface area contributed by atoms with Gasteiger partial charge in [-0.25, -0.2) is 9.97 Å². The number of nitrogens with two attached hydrogens (primary N) is 1. The van der Waals surface area contributed by atoms with Gasteiger partial charge in [-0.1, -0.05) is 55.3 Å². The van der Waals surface area contributed by atoms with Crippen molar-refractivity contribution in [2.75, 3.05) is 27.2 Å². The molecule has 5 rings (SSSR count). The number of benzene rings is 1. The Morgan fingerprint density at radius 1 is 1.07 bits per heavy atom. The Hall–Kier alpha value is -3.59. The summed E-state index contributed by atoms with van der Waals surface area (Å²) in [5.41, 5.74) is 8.39. The molecule has 45 heavy (non-hydrogen) atoms. The number of primary amides is 1. The number of aryl methyl sites for hydroxylation is 1.